The van der Waals surface area contributed by atoms with Crippen molar-refractivity contribution in [2.45, 2.75) is 72.5 Å². The Kier molecular flexibility index (Phi) is 8.06. The molecule has 0 radical (unpaired) electrons. The molecule has 0 amide bonds. The molecule has 1 aliphatic rings. The highest BCUT2D eigenvalue weighted by Crippen LogP contribution is 2.42. The third-order valence-electron chi connectivity index (χ3n) is 7.06. The monoisotopic (exact) mass is 453 g/mol. The van der Waals surface area contributed by atoms with Gasteiger partial charge in [0, 0.05) is 18.8 Å². The van der Waals surface area contributed by atoms with Crippen molar-refractivity contribution >= 4 is 0 Å². The van der Waals surface area contributed by atoms with Crippen LogP contribution in [0.1, 0.15) is 72.0 Å². The summed E-state index contributed by atoms with van der Waals surface area (Å²) in [6.07, 6.45) is 7.35. The van der Waals surface area contributed by atoms with Crippen LogP contribution in [0.2, 0.25) is 0 Å². The number of pyridine rings is 1. The predicted molar refractivity (Wildman–Crippen MR) is 133 cm³/mol. The van der Waals surface area contributed by atoms with Crippen LogP contribution in [0.5, 0.6) is 11.5 Å². The van der Waals surface area contributed by atoms with E-state index in [4.69, 9.17) is 4.74 Å². The zero-order chi connectivity index (χ0) is 24.3. The highest BCUT2D eigenvalue weighted by molar-refractivity contribution is 5.71. The fourth-order valence-electron chi connectivity index (χ4n) is 5.02. The van der Waals surface area contributed by atoms with Crippen LogP contribution in [0.3, 0.4) is 0 Å². The summed E-state index contributed by atoms with van der Waals surface area (Å²) in [6, 6.07) is 6.61. The third-order valence-corrected chi connectivity index (χ3v) is 7.06. The van der Waals surface area contributed by atoms with Gasteiger partial charge in [0.2, 0.25) is 0 Å². The van der Waals surface area contributed by atoms with Crippen molar-refractivity contribution in [1.82, 2.24) is 4.57 Å². The molecule has 0 saturated carbocycles. The van der Waals surface area contributed by atoms with E-state index in [9.17, 15) is 15.0 Å². The first-order chi connectivity index (χ1) is 15.6. The molecule has 5 atom stereocenters. The lowest BCUT2D eigenvalue weighted by Crippen LogP contribution is -2.34. The standard InChI is InChI=1S/C28H39NO4/c1-7-17(2)14-18(3)15-20(5)27-19(4)8-13-24(33-27)25-26(31)23(16-29(6)28(25)32)21-9-11-22(30)12-10-21/h9-12,15-19,24,27,30-31H,7-8,13-14H2,1-6H3/b20-15+/t17-,18-,19-,24-,27+/m0/s1. The van der Waals surface area contributed by atoms with Crippen molar-refractivity contribution in [1.29, 1.82) is 0 Å². The van der Waals surface area contributed by atoms with Gasteiger partial charge in [0.05, 0.1) is 17.8 Å². The molecule has 0 unspecified atom stereocenters. The highest BCUT2D eigenvalue weighted by atomic mass is 16.5. The van der Waals surface area contributed by atoms with Crippen LogP contribution < -0.4 is 5.56 Å². The molecular weight excluding hydrogens is 414 g/mol. The Morgan fingerprint density at radius 2 is 1.88 bits per heavy atom. The molecule has 2 N–H and O–H groups in total. The zero-order valence-corrected chi connectivity index (χ0v) is 20.8. The first-order valence-corrected chi connectivity index (χ1v) is 12.2. The number of hydrogen-bond donors (Lipinski definition) is 2. The van der Waals surface area contributed by atoms with Crippen LogP contribution in [0, 0.1) is 17.8 Å². The van der Waals surface area contributed by atoms with Gasteiger partial charge in [-0.3, -0.25) is 4.79 Å². The van der Waals surface area contributed by atoms with Gasteiger partial charge in [-0.25, -0.2) is 0 Å². The maximum atomic E-state index is 13.1. The van der Waals surface area contributed by atoms with Crippen molar-refractivity contribution in [2.24, 2.45) is 24.8 Å². The van der Waals surface area contributed by atoms with Crippen LogP contribution >= 0.6 is 0 Å². The van der Waals surface area contributed by atoms with Crippen LogP contribution in [-0.4, -0.2) is 20.9 Å². The zero-order valence-electron chi connectivity index (χ0n) is 20.8. The molecule has 0 bridgehead atoms. The second-order valence-corrected chi connectivity index (χ2v) is 10.0. The molecule has 2 heterocycles. The summed E-state index contributed by atoms with van der Waals surface area (Å²) < 4.78 is 8.03. The van der Waals surface area contributed by atoms with Gasteiger partial charge >= 0.3 is 0 Å². The number of rotatable bonds is 7. The van der Waals surface area contributed by atoms with E-state index >= 15 is 0 Å². The SMILES string of the molecule is CC[C@H](C)C[C@H](C)/C=C(\C)[C@@H]1O[C@H](c2c(O)c(-c3ccc(O)cc3)cn(C)c2=O)CC[C@@H]1C. The van der Waals surface area contributed by atoms with Gasteiger partial charge in [0.25, 0.3) is 5.56 Å². The summed E-state index contributed by atoms with van der Waals surface area (Å²) in [5, 5.41) is 20.8. The van der Waals surface area contributed by atoms with Gasteiger partial charge in [0.1, 0.15) is 11.5 Å². The normalized spacial score (nSPS) is 23.3. The Morgan fingerprint density at radius 1 is 1.21 bits per heavy atom. The van der Waals surface area contributed by atoms with Crippen molar-refractivity contribution in [2.75, 3.05) is 0 Å². The van der Waals surface area contributed by atoms with E-state index in [1.807, 2.05) is 0 Å². The Morgan fingerprint density at radius 3 is 2.52 bits per heavy atom. The molecule has 3 rings (SSSR count). The summed E-state index contributed by atoms with van der Waals surface area (Å²) in [6.45, 7) is 11.1. The first-order valence-electron chi connectivity index (χ1n) is 12.2. The largest absolute Gasteiger partial charge is 0.508 e. The average molecular weight is 454 g/mol. The van der Waals surface area contributed by atoms with E-state index in [0.29, 0.717) is 35.3 Å². The van der Waals surface area contributed by atoms with E-state index in [1.54, 1.807) is 37.5 Å². The molecule has 1 aliphatic heterocycles. The number of aryl methyl sites for hydroxylation is 1. The van der Waals surface area contributed by atoms with E-state index in [0.717, 1.165) is 18.4 Å². The van der Waals surface area contributed by atoms with E-state index in [1.165, 1.54) is 16.6 Å². The minimum atomic E-state index is -0.463. The number of aromatic nitrogens is 1. The molecule has 1 aromatic heterocycles. The van der Waals surface area contributed by atoms with Crippen molar-refractivity contribution < 1.29 is 14.9 Å². The lowest BCUT2D eigenvalue weighted by Gasteiger charge is -2.36. The molecule has 0 aliphatic carbocycles. The highest BCUT2D eigenvalue weighted by Gasteiger charge is 2.34. The van der Waals surface area contributed by atoms with Crippen molar-refractivity contribution in [3.05, 3.63) is 58.0 Å². The fraction of sp³-hybridized carbons (Fsp3) is 0.536. The molecule has 180 valence electrons. The summed E-state index contributed by atoms with van der Waals surface area (Å²) in [5.41, 5.74) is 2.58. The smallest absolute Gasteiger partial charge is 0.259 e. The number of aromatic hydroxyl groups is 2. The van der Waals surface area contributed by atoms with E-state index in [-0.39, 0.29) is 23.2 Å². The Balaban J connectivity index is 1.93. The van der Waals surface area contributed by atoms with Gasteiger partial charge < -0.3 is 19.5 Å². The third kappa shape index (κ3) is 5.70. The molecule has 33 heavy (non-hydrogen) atoms. The van der Waals surface area contributed by atoms with Gasteiger partial charge in [-0.1, -0.05) is 52.3 Å². The lowest BCUT2D eigenvalue weighted by molar-refractivity contribution is -0.0631. The average Bonchev–Trinajstić information content (AvgIpc) is 2.77. The number of phenols is 1. The minimum Gasteiger partial charge on any atom is -0.508 e. The molecular formula is C28H39NO4. The molecule has 5 heteroatoms. The number of nitrogens with zero attached hydrogens (tertiary/aromatic N) is 1. The quantitative estimate of drug-likeness (QED) is 0.480. The Labute approximate surface area is 197 Å². The second kappa shape index (κ2) is 10.6. The molecule has 1 fully saturated rings. The van der Waals surface area contributed by atoms with Crippen LogP contribution in [0.15, 0.2) is 46.9 Å². The summed E-state index contributed by atoms with van der Waals surface area (Å²) >= 11 is 0. The first kappa shape index (κ1) is 25.1. The van der Waals surface area contributed by atoms with Crippen LogP contribution in [0.4, 0.5) is 0 Å². The number of ether oxygens (including phenoxy) is 1. The van der Waals surface area contributed by atoms with Gasteiger partial charge in [-0.05, 0) is 67.2 Å². The number of allylic oxidation sites excluding steroid dienone is 1. The topological polar surface area (TPSA) is 71.7 Å². The van der Waals surface area contributed by atoms with Crippen molar-refractivity contribution in [3.8, 4) is 22.6 Å². The minimum absolute atomic E-state index is 0.0335. The summed E-state index contributed by atoms with van der Waals surface area (Å²) in [5.74, 6) is 1.62. The van der Waals surface area contributed by atoms with E-state index < -0.39 is 6.10 Å². The maximum absolute atomic E-state index is 13.1. The number of phenolic OH excluding ortho intramolecular Hbond substituents is 1. The molecule has 5 nitrogen and oxygen atoms in total. The van der Waals surface area contributed by atoms with Crippen molar-refractivity contribution in [3.63, 3.8) is 0 Å². The van der Waals surface area contributed by atoms with Crippen LogP contribution in [-0.2, 0) is 11.8 Å². The fourth-order valence-corrected chi connectivity index (χ4v) is 5.02. The number of hydrogen-bond acceptors (Lipinski definition) is 4. The van der Waals surface area contributed by atoms with Gasteiger partial charge in [0.15, 0.2) is 0 Å². The summed E-state index contributed by atoms with van der Waals surface area (Å²) in [7, 11) is 1.69. The summed E-state index contributed by atoms with van der Waals surface area (Å²) in [4.78, 5) is 13.1. The van der Waals surface area contributed by atoms with Crippen LogP contribution in [0.25, 0.3) is 11.1 Å². The molecule has 1 saturated heterocycles. The number of benzene rings is 1. The maximum Gasteiger partial charge on any atom is 0.259 e. The predicted octanol–water partition coefficient (Wildman–Crippen LogP) is 6.34. The van der Waals surface area contributed by atoms with E-state index in [2.05, 4.69) is 40.7 Å². The van der Waals surface area contributed by atoms with Gasteiger partial charge in [-0.15, -0.1) is 0 Å². The lowest BCUT2D eigenvalue weighted by atomic mass is 9.85. The second-order valence-electron chi connectivity index (χ2n) is 10.0. The molecule has 1 aromatic carbocycles. The molecule has 0 spiro atoms. The Bertz CT molecular complexity index is 1040. The molecule has 2 aromatic rings. The Hall–Kier alpha value is -2.53. The van der Waals surface area contributed by atoms with Gasteiger partial charge in [-0.2, -0.15) is 0 Å².